The van der Waals surface area contributed by atoms with Gasteiger partial charge in [0, 0.05) is 0 Å². The van der Waals surface area contributed by atoms with Crippen molar-refractivity contribution in [3.05, 3.63) is 12.3 Å². The van der Waals surface area contributed by atoms with Crippen molar-refractivity contribution in [3.8, 4) is 0 Å². The predicted octanol–water partition coefficient (Wildman–Crippen LogP) is 2.68. The maximum absolute atomic E-state index is 10.9. The fourth-order valence-corrected chi connectivity index (χ4v) is 1.78. The molecule has 106 valence electrons. The molecule has 0 radical (unpaired) electrons. The molecule has 0 aliphatic rings. The fourth-order valence-electron chi connectivity index (χ4n) is 1.42. The molecule has 0 rings (SSSR count). The Kier molecular flexibility index (Phi) is 9.59. The molecule has 0 bridgehead atoms. The number of ether oxygens (including phenoxy) is 1. The van der Waals surface area contributed by atoms with E-state index in [9.17, 15) is 13.2 Å². The molecule has 18 heavy (non-hydrogen) atoms. The summed E-state index contributed by atoms with van der Waals surface area (Å²) >= 11 is 0. The van der Waals surface area contributed by atoms with Crippen LogP contribution in [0.3, 0.4) is 0 Å². The van der Waals surface area contributed by atoms with Crippen LogP contribution in [0.5, 0.6) is 0 Å². The molecule has 0 saturated carbocycles. The van der Waals surface area contributed by atoms with Crippen LogP contribution in [0.1, 0.15) is 51.9 Å². The van der Waals surface area contributed by atoms with Gasteiger partial charge in [0.1, 0.15) is 0 Å². The van der Waals surface area contributed by atoms with Crippen LogP contribution < -0.4 is 0 Å². The molecule has 0 aliphatic heterocycles. The normalized spacial score (nSPS) is 11.9. The number of rotatable bonds is 10. The van der Waals surface area contributed by atoms with Crippen molar-refractivity contribution in [2.75, 3.05) is 5.75 Å². The van der Waals surface area contributed by atoms with Crippen LogP contribution in [0.15, 0.2) is 12.3 Å². The van der Waals surface area contributed by atoms with Crippen molar-refractivity contribution < 1.29 is 22.5 Å². The molecule has 0 unspecified atom stereocenters. The first-order chi connectivity index (χ1) is 8.45. The van der Waals surface area contributed by atoms with Crippen molar-refractivity contribution >= 4 is 16.1 Å². The lowest BCUT2D eigenvalue weighted by atomic mass is 10.1. The Bertz CT molecular complexity index is 345. The average molecular weight is 278 g/mol. The van der Waals surface area contributed by atoms with Crippen molar-refractivity contribution in [1.82, 2.24) is 0 Å². The van der Waals surface area contributed by atoms with Crippen molar-refractivity contribution in [3.63, 3.8) is 0 Å². The van der Waals surface area contributed by atoms with Crippen LogP contribution in [0, 0.1) is 0 Å². The van der Waals surface area contributed by atoms with E-state index in [1.807, 2.05) is 0 Å². The zero-order valence-electron chi connectivity index (χ0n) is 10.8. The maximum atomic E-state index is 10.9. The highest BCUT2D eigenvalue weighted by Crippen LogP contribution is 2.07. The van der Waals surface area contributed by atoms with Gasteiger partial charge in [-0.2, -0.15) is 8.42 Å². The molecule has 0 amide bonds. The van der Waals surface area contributed by atoms with E-state index in [0.717, 1.165) is 19.3 Å². The van der Waals surface area contributed by atoms with Crippen LogP contribution >= 0.6 is 0 Å². The van der Waals surface area contributed by atoms with Gasteiger partial charge in [-0.05, 0) is 18.9 Å². The zero-order valence-corrected chi connectivity index (χ0v) is 11.6. The smallest absolute Gasteiger partial charge is 0.328 e. The molecule has 0 atom stereocenters. The Labute approximate surface area is 109 Å². The summed E-state index contributed by atoms with van der Waals surface area (Å²) in [4.78, 5) is 10.9. The molecular weight excluding hydrogens is 256 g/mol. The summed E-state index contributed by atoms with van der Waals surface area (Å²) in [6, 6.07) is 0. The second kappa shape index (κ2) is 10.1. The largest absolute Gasteiger partial charge is 0.434 e. The van der Waals surface area contributed by atoms with Crippen molar-refractivity contribution in [2.45, 2.75) is 51.9 Å². The summed E-state index contributed by atoms with van der Waals surface area (Å²) in [6.07, 6.45) is 10.8. The first-order valence-electron chi connectivity index (χ1n) is 6.25. The third-order valence-electron chi connectivity index (χ3n) is 2.32. The minimum atomic E-state index is -4.29. The number of carbonyl (C=O) groups excluding carboxylic acids is 1. The average Bonchev–Trinajstić information content (AvgIpc) is 2.24. The van der Waals surface area contributed by atoms with Gasteiger partial charge >= 0.3 is 5.97 Å². The van der Waals surface area contributed by atoms with Crippen LogP contribution in [0.25, 0.3) is 0 Å². The van der Waals surface area contributed by atoms with Crippen molar-refractivity contribution in [1.29, 1.82) is 0 Å². The number of hydrogen-bond donors (Lipinski definition) is 1. The zero-order chi connectivity index (χ0) is 13.9. The number of carbonyl (C=O) groups is 1. The van der Waals surface area contributed by atoms with Crippen LogP contribution in [0.4, 0.5) is 0 Å². The molecule has 0 spiro atoms. The van der Waals surface area contributed by atoms with Gasteiger partial charge in [-0.3, -0.25) is 9.35 Å². The fraction of sp³-hybridized carbons (Fsp3) is 0.750. The van der Waals surface area contributed by atoms with E-state index in [1.165, 1.54) is 31.9 Å². The monoisotopic (exact) mass is 278 g/mol. The van der Waals surface area contributed by atoms with Gasteiger partial charge in [0.2, 0.25) is 0 Å². The second-order valence-corrected chi connectivity index (χ2v) is 5.60. The SMILES string of the molecule is CCCCCCCCC=COC(=O)CS(=O)(=O)O. The number of allylic oxidation sites excluding steroid dienone is 1. The van der Waals surface area contributed by atoms with E-state index >= 15 is 0 Å². The number of hydrogen-bond acceptors (Lipinski definition) is 4. The summed E-state index contributed by atoms with van der Waals surface area (Å²) in [5.74, 6) is -1.98. The molecule has 5 nitrogen and oxygen atoms in total. The summed E-state index contributed by atoms with van der Waals surface area (Å²) in [6.45, 7) is 2.17. The summed E-state index contributed by atoms with van der Waals surface area (Å²) in [7, 11) is -4.29. The van der Waals surface area contributed by atoms with Crippen LogP contribution in [0.2, 0.25) is 0 Å². The molecule has 0 saturated heterocycles. The summed E-state index contributed by atoms with van der Waals surface area (Å²) < 4.78 is 33.5. The highest BCUT2D eigenvalue weighted by Gasteiger charge is 2.12. The first kappa shape index (κ1) is 17.1. The van der Waals surface area contributed by atoms with Gasteiger partial charge in [-0.1, -0.05) is 39.0 Å². The third-order valence-corrected chi connectivity index (χ3v) is 2.92. The van der Waals surface area contributed by atoms with Gasteiger partial charge in [-0.15, -0.1) is 0 Å². The highest BCUT2D eigenvalue weighted by molar-refractivity contribution is 7.86. The quantitative estimate of drug-likeness (QED) is 0.287. The Balaban J connectivity index is 3.46. The molecular formula is C12H22O5S. The van der Waals surface area contributed by atoms with E-state index in [2.05, 4.69) is 11.7 Å². The minimum Gasteiger partial charge on any atom is -0.434 e. The summed E-state index contributed by atoms with van der Waals surface area (Å²) in [5.41, 5.74) is 0. The molecule has 0 aliphatic carbocycles. The van der Waals surface area contributed by atoms with Gasteiger partial charge < -0.3 is 4.74 Å². The van der Waals surface area contributed by atoms with Gasteiger partial charge in [0.15, 0.2) is 5.75 Å². The van der Waals surface area contributed by atoms with E-state index in [1.54, 1.807) is 6.08 Å². The first-order valence-corrected chi connectivity index (χ1v) is 7.86. The van der Waals surface area contributed by atoms with E-state index in [0.29, 0.717) is 0 Å². The van der Waals surface area contributed by atoms with E-state index in [-0.39, 0.29) is 0 Å². The standard InChI is InChI=1S/C12H22O5S/c1-2-3-4-5-6-7-8-9-10-17-12(13)11-18(14,15)16/h9-10H,2-8,11H2,1H3,(H,14,15,16). The number of esters is 1. The Hall–Kier alpha value is -0.880. The second-order valence-electron chi connectivity index (χ2n) is 4.14. The number of unbranched alkanes of at least 4 members (excludes halogenated alkanes) is 6. The lowest BCUT2D eigenvalue weighted by Crippen LogP contribution is -2.15. The van der Waals surface area contributed by atoms with E-state index in [4.69, 9.17) is 4.55 Å². The highest BCUT2D eigenvalue weighted by atomic mass is 32.2. The van der Waals surface area contributed by atoms with Gasteiger partial charge in [0.05, 0.1) is 6.26 Å². The predicted molar refractivity (Wildman–Crippen MR) is 69.6 cm³/mol. The Morgan fingerprint density at radius 2 is 1.78 bits per heavy atom. The molecule has 0 aromatic rings. The molecule has 0 aromatic heterocycles. The lowest BCUT2D eigenvalue weighted by molar-refractivity contribution is -0.135. The van der Waals surface area contributed by atoms with Crippen LogP contribution in [-0.2, 0) is 19.6 Å². The molecule has 0 fully saturated rings. The van der Waals surface area contributed by atoms with Crippen LogP contribution in [-0.4, -0.2) is 24.7 Å². The van der Waals surface area contributed by atoms with Gasteiger partial charge in [0.25, 0.3) is 10.1 Å². The third kappa shape index (κ3) is 13.2. The molecule has 0 heterocycles. The maximum Gasteiger partial charge on any atom is 0.328 e. The Morgan fingerprint density at radius 1 is 1.17 bits per heavy atom. The topological polar surface area (TPSA) is 80.7 Å². The van der Waals surface area contributed by atoms with Gasteiger partial charge in [-0.25, -0.2) is 0 Å². The van der Waals surface area contributed by atoms with E-state index < -0.39 is 21.8 Å². The Morgan fingerprint density at radius 3 is 2.39 bits per heavy atom. The minimum absolute atomic E-state index is 0.797. The lowest BCUT2D eigenvalue weighted by Gasteiger charge is -1.98. The molecule has 1 N–H and O–H groups in total. The van der Waals surface area contributed by atoms with Crippen molar-refractivity contribution in [2.24, 2.45) is 0 Å². The summed E-state index contributed by atoms with van der Waals surface area (Å²) in [5, 5.41) is 0. The molecule has 0 aromatic carbocycles. The molecule has 6 heteroatoms.